The van der Waals surface area contributed by atoms with Crippen molar-refractivity contribution in [1.29, 1.82) is 0 Å². The fraction of sp³-hybridized carbons (Fsp3) is 0.467. The number of aliphatic imine (C=N–C) groups is 1. The summed E-state index contributed by atoms with van der Waals surface area (Å²) in [5, 5.41) is 22.9. The van der Waals surface area contributed by atoms with Crippen LogP contribution in [-0.2, 0) is 4.79 Å². The minimum absolute atomic E-state index is 0.123. The average Bonchev–Trinajstić information content (AvgIpc) is 3.40. The van der Waals surface area contributed by atoms with Gasteiger partial charge in [-0.2, -0.15) is 0 Å². The van der Waals surface area contributed by atoms with Crippen molar-refractivity contribution in [3.05, 3.63) is 60.4 Å². The molecule has 3 heterocycles. The van der Waals surface area contributed by atoms with E-state index in [4.69, 9.17) is 9.41 Å². The molecule has 3 fully saturated rings. The smallest absolute Gasteiger partial charge is 0.254 e. The number of carbonyl (C=O) groups is 1. The van der Waals surface area contributed by atoms with E-state index in [9.17, 15) is 15.0 Å². The van der Waals surface area contributed by atoms with Crippen LogP contribution in [0, 0.1) is 5.92 Å². The topological polar surface area (TPSA) is 89.5 Å². The summed E-state index contributed by atoms with van der Waals surface area (Å²) in [5.41, 5.74) is 2.59. The molecule has 3 aromatic rings. The highest BCUT2D eigenvalue weighted by Crippen LogP contribution is 2.43. The quantitative estimate of drug-likeness (QED) is 0.550. The number of hydrogen-bond acceptors (Lipinski definition) is 6. The lowest BCUT2D eigenvalue weighted by Crippen LogP contribution is -2.48. The molecule has 1 spiro atoms. The lowest BCUT2D eigenvalue weighted by atomic mass is 9.96. The molecule has 37 heavy (non-hydrogen) atoms. The van der Waals surface area contributed by atoms with E-state index in [0.29, 0.717) is 32.5 Å². The van der Waals surface area contributed by atoms with E-state index >= 15 is 0 Å². The molecule has 1 saturated heterocycles. The Hall–Kier alpha value is -3.16. The van der Waals surface area contributed by atoms with Gasteiger partial charge in [0.25, 0.3) is 5.91 Å². The molecule has 2 unspecified atom stereocenters. The second-order valence-corrected chi connectivity index (χ2v) is 11.5. The minimum atomic E-state index is -1.12. The number of amides is 1. The molecule has 1 aromatic heterocycles. The van der Waals surface area contributed by atoms with Gasteiger partial charge in [-0.3, -0.25) is 9.79 Å². The number of likely N-dealkylation sites (tertiary alicyclic amines) is 1. The first-order valence-corrected chi connectivity index (χ1v) is 13.6. The number of aliphatic hydroxyl groups excluding tert-OH is 1. The van der Waals surface area contributed by atoms with Crippen molar-refractivity contribution in [1.82, 2.24) is 9.80 Å². The van der Waals surface area contributed by atoms with Crippen molar-refractivity contribution in [3.63, 3.8) is 0 Å². The van der Waals surface area contributed by atoms with Crippen LogP contribution >= 0.6 is 0 Å². The van der Waals surface area contributed by atoms with Crippen LogP contribution in [0.3, 0.4) is 0 Å². The van der Waals surface area contributed by atoms with E-state index in [1.54, 1.807) is 6.26 Å². The number of amidine groups is 1. The number of carbonyl (C=O) groups excluding carboxylic acids is 1. The number of furan rings is 1. The van der Waals surface area contributed by atoms with Gasteiger partial charge in [-0.25, -0.2) is 0 Å². The van der Waals surface area contributed by atoms with E-state index in [1.807, 2.05) is 17.0 Å². The van der Waals surface area contributed by atoms with E-state index in [0.717, 1.165) is 65.6 Å². The first-order chi connectivity index (χ1) is 17.9. The van der Waals surface area contributed by atoms with Crippen molar-refractivity contribution in [3.8, 4) is 11.1 Å². The molecule has 4 aliphatic rings. The zero-order valence-corrected chi connectivity index (χ0v) is 21.0. The summed E-state index contributed by atoms with van der Waals surface area (Å²) in [6.45, 7) is 1.95. The second kappa shape index (κ2) is 8.43. The lowest BCUT2D eigenvalue weighted by molar-refractivity contribution is -0.141. The third-order valence-corrected chi connectivity index (χ3v) is 8.92. The summed E-state index contributed by atoms with van der Waals surface area (Å²) in [5.74, 6) is 0.975. The van der Waals surface area contributed by atoms with Gasteiger partial charge in [0.15, 0.2) is 6.23 Å². The van der Waals surface area contributed by atoms with Crippen molar-refractivity contribution in [2.45, 2.75) is 62.3 Å². The van der Waals surface area contributed by atoms with Crippen LogP contribution in [0.4, 0.5) is 0 Å². The third kappa shape index (κ3) is 3.87. The first-order valence-electron chi connectivity index (χ1n) is 13.6. The van der Waals surface area contributed by atoms with Gasteiger partial charge < -0.3 is 24.4 Å². The molecule has 7 heteroatoms. The Balaban J connectivity index is 1.14. The molecular weight excluding hydrogens is 466 g/mol. The van der Waals surface area contributed by atoms with Crippen LogP contribution < -0.4 is 0 Å². The number of aliphatic hydroxyl groups is 2. The molecule has 2 N–H and O–H groups in total. The molecule has 7 nitrogen and oxygen atoms in total. The van der Waals surface area contributed by atoms with Crippen LogP contribution in [0.1, 0.15) is 50.5 Å². The van der Waals surface area contributed by atoms with E-state index in [-0.39, 0.29) is 11.8 Å². The standard InChI is InChI=1S/C30H33N3O4/c34-27-29(11-1-2-12-29)31-26(33(27)19-20-9-15-32(18-20)28(35)30(36)13-14-30)22-5-3-21(4-6-22)23-7-8-25-24(17-23)10-16-37-25/h3-8,10,16-17,20,27,34,36H,1-2,9,11-15,18-19H2. The minimum Gasteiger partial charge on any atom is -0.464 e. The molecule has 7 rings (SSSR count). The predicted octanol–water partition coefficient (Wildman–Crippen LogP) is 4.17. The molecule has 2 aliphatic heterocycles. The first kappa shape index (κ1) is 23.0. The highest BCUT2D eigenvalue weighted by atomic mass is 16.3. The van der Waals surface area contributed by atoms with Crippen LogP contribution in [0.2, 0.25) is 0 Å². The van der Waals surface area contributed by atoms with Crippen LogP contribution in [0.5, 0.6) is 0 Å². The molecule has 192 valence electrons. The van der Waals surface area contributed by atoms with E-state index in [1.165, 1.54) is 0 Å². The maximum Gasteiger partial charge on any atom is 0.254 e. The highest BCUT2D eigenvalue weighted by molar-refractivity contribution is 6.01. The monoisotopic (exact) mass is 499 g/mol. The van der Waals surface area contributed by atoms with Crippen LogP contribution in [0.25, 0.3) is 22.1 Å². The largest absolute Gasteiger partial charge is 0.464 e. The van der Waals surface area contributed by atoms with Gasteiger partial charge in [0.05, 0.1) is 6.26 Å². The Morgan fingerprint density at radius 1 is 1.00 bits per heavy atom. The molecule has 1 amide bonds. The third-order valence-electron chi connectivity index (χ3n) is 8.92. The normalized spacial score (nSPS) is 25.8. The Bertz CT molecular complexity index is 1370. The zero-order chi connectivity index (χ0) is 25.2. The fourth-order valence-corrected chi connectivity index (χ4v) is 6.54. The van der Waals surface area contributed by atoms with Gasteiger partial charge in [0, 0.05) is 30.6 Å². The maximum atomic E-state index is 12.7. The van der Waals surface area contributed by atoms with Gasteiger partial charge in [-0.15, -0.1) is 0 Å². The summed E-state index contributed by atoms with van der Waals surface area (Å²) >= 11 is 0. The molecule has 0 bridgehead atoms. The van der Waals surface area contributed by atoms with Crippen LogP contribution in [0.15, 0.2) is 64.2 Å². The van der Waals surface area contributed by atoms with Crippen molar-refractivity contribution < 1.29 is 19.4 Å². The Morgan fingerprint density at radius 2 is 1.73 bits per heavy atom. The number of fused-ring (bicyclic) bond motifs is 1. The zero-order valence-electron chi connectivity index (χ0n) is 21.0. The van der Waals surface area contributed by atoms with Gasteiger partial charge >= 0.3 is 0 Å². The second-order valence-electron chi connectivity index (χ2n) is 11.5. The Labute approximate surface area is 216 Å². The molecule has 2 atom stereocenters. The Kier molecular flexibility index (Phi) is 5.24. The van der Waals surface area contributed by atoms with Crippen molar-refractivity contribution >= 4 is 22.7 Å². The number of rotatable bonds is 5. The average molecular weight is 500 g/mol. The van der Waals surface area contributed by atoms with Crippen LogP contribution in [-0.4, -0.2) is 68.8 Å². The predicted molar refractivity (Wildman–Crippen MR) is 141 cm³/mol. The SMILES string of the molecule is O=C(N1CCC(CN2C(c3ccc(-c4ccc5occc5c4)cc3)=NC3(CCCC3)C2O)C1)C1(O)CC1. The van der Waals surface area contributed by atoms with Gasteiger partial charge in [-0.05, 0) is 67.3 Å². The van der Waals surface area contributed by atoms with Crippen molar-refractivity contribution in [2.24, 2.45) is 10.9 Å². The van der Waals surface area contributed by atoms with Gasteiger partial charge in [-0.1, -0.05) is 43.2 Å². The summed E-state index contributed by atoms with van der Waals surface area (Å²) in [6.07, 6.45) is 7.06. The summed E-state index contributed by atoms with van der Waals surface area (Å²) in [4.78, 5) is 21.7. The molecule has 0 radical (unpaired) electrons. The molecule has 2 aromatic carbocycles. The fourth-order valence-electron chi connectivity index (χ4n) is 6.54. The number of benzene rings is 2. The van der Waals surface area contributed by atoms with E-state index in [2.05, 4.69) is 41.3 Å². The summed E-state index contributed by atoms with van der Waals surface area (Å²) in [6, 6.07) is 16.6. The Morgan fingerprint density at radius 3 is 2.49 bits per heavy atom. The summed E-state index contributed by atoms with van der Waals surface area (Å²) in [7, 11) is 0. The van der Waals surface area contributed by atoms with Gasteiger partial charge in [0.1, 0.15) is 22.6 Å². The molecule has 2 saturated carbocycles. The number of hydrogen-bond donors (Lipinski definition) is 2. The van der Waals surface area contributed by atoms with Crippen molar-refractivity contribution in [2.75, 3.05) is 19.6 Å². The number of nitrogens with zero attached hydrogens (tertiary/aromatic N) is 3. The molecule has 2 aliphatic carbocycles. The summed E-state index contributed by atoms with van der Waals surface area (Å²) < 4.78 is 5.48. The molecular formula is C30H33N3O4. The highest BCUT2D eigenvalue weighted by Gasteiger charge is 2.52. The van der Waals surface area contributed by atoms with E-state index < -0.39 is 17.4 Å². The lowest BCUT2D eigenvalue weighted by Gasteiger charge is -2.33. The van der Waals surface area contributed by atoms with Gasteiger partial charge in [0.2, 0.25) is 0 Å². The maximum absolute atomic E-state index is 12.7.